The van der Waals surface area contributed by atoms with Crippen molar-refractivity contribution < 1.29 is 13.2 Å². The lowest BCUT2D eigenvalue weighted by molar-refractivity contribution is 0.0746. The summed E-state index contributed by atoms with van der Waals surface area (Å²) in [5.41, 5.74) is 2.47. The molecule has 0 aliphatic carbocycles. The van der Waals surface area contributed by atoms with Gasteiger partial charge in [0.2, 0.25) is 0 Å². The van der Waals surface area contributed by atoms with Crippen molar-refractivity contribution in [1.82, 2.24) is 9.88 Å². The first-order valence-corrected chi connectivity index (χ1v) is 12.4. The maximum Gasteiger partial charge on any atom is 0.262 e. The Balaban J connectivity index is 1.39. The minimum atomic E-state index is -3.72. The molecule has 0 atom stereocenters. The Labute approximate surface area is 199 Å². The first-order valence-electron chi connectivity index (χ1n) is 10.6. The molecule has 172 valence electrons. The van der Waals surface area contributed by atoms with Crippen LogP contribution in [0.1, 0.15) is 21.5 Å². The molecule has 0 bridgehead atoms. The number of nitrogens with one attached hydrogen (secondary N) is 1. The van der Waals surface area contributed by atoms with Crippen molar-refractivity contribution in [2.75, 3.05) is 35.8 Å². The van der Waals surface area contributed by atoms with E-state index in [1.54, 1.807) is 60.5 Å². The van der Waals surface area contributed by atoms with Crippen LogP contribution in [0.25, 0.3) is 0 Å². The molecule has 2 aromatic carbocycles. The second kappa shape index (κ2) is 9.41. The van der Waals surface area contributed by atoms with Gasteiger partial charge in [-0.15, -0.1) is 0 Å². The monoisotopic (exact) mass is 484 g/mol. The molecule has 0 radical (unpaired) electrons. The average Bonchev–Trinajstić information content (AvgIpc) is 2.81. The number of carbonyl (C=O) groups is 1. The van der Waals surface area contributed by atoms with Crippen LogP contribution in [-0.2, 0) is 10.0 Å². The van der Waals surface area contributed by atoms with Crippen molar-refractivity contribution in [3.8, 4) is 0 Å². The van der Waals surface area contributed by atoms with E-state index in [2.05, 4.69) is 14.6 Å². The molecule has 2 heterocycles. The lowest BCUT2D eigenvalue weighted by Crippen LogP contribution is -2.49. The van der Waals surface area contributed by atoms with Crippen molar-refractivity contribution in [3.63, 3.8) is 0 Å². The topological polar surface area (TPSA) is 82.6 Å². The van der Waals surface area contributed by atoms with Crippen LogP contribution in [0.3, 0.4) is 0 Å². The Morgan fingerprint density at radius 1 is 0.970 bits per heavy atom. The van der Waals surface area contributed by atoms with Gasteiger partial charge in [-0.3, -0.25) is 9.52 Å². The SMILES string of the molecule is Cc1ccc(C)c(S(=O)(=O)Nc2ccc(C(=O)N3CCN(c4ccc(Cl)cn4)CC3)cc2)c1. The molecule has 0 unspecified atom stereocenters. The zero-order valence-electron chi connectivity index (χ0n) is 18.5. The number of benzene rings is 2. The highest BCUT2D eigenvalue weighted by Gasteiger charge is 2.23. The van der Waals surface area contributed by atoms with E-state index in [0.29, 0.717) is 48.0 Å². The number of aryl methyl sites for hydroxylation is 2. The van der Waals surface area contributed by atoms with E-state index < -0.39 is 10.0 Å². The summed E-state index contributed by atoms with van der Waals surface area (Å²) in [6.07, 6.45) is 1.62. The summed E-state index contributed by atoms with van der Waals surface area (Å²) in [6, 6.07) is 15.5. The van der Waals surface area contributed by atoms with Crippen molar-refractivity contribution in [2.45, 2.75) is 18.7 Å². The molecular weight excluding hydrogens is 460 g/mol. The van der Waals surface area contributed by atoms with E-state index in [4.69, 9.17) is 11.6 Å². The molecule has 1 aromatic heterocycles. The summed E-state index contributed by atoms with van der Waals surface area (Å²) >= 11 is 5.90. The van der Waals surface area contributed by atoms with Gasteiger partial charge in [-0.25, -0.2) is 13.4 Å². The van der Waals surface area contributed by atoms with E-state index >= 15 is 0 Å². The molecule has 1 fully saturated rings. The number of rotatable bonds is 5. The minimum Gasteiger partial charge on any atom is -0.353 e. The summed E-state index contributed by atoms with van der Waals surface area (Å²) in [7, 11) is -3.72. The van der Waals surface area contributed by atoms with Gasteiger partial charge < -0.3 is 9.80 Å². The third-order valence-corrected chi connectivity index (χ3v) is 7.37. The fourth-order valence-electron chi connectivity index (χ4n) is 3.76. The molecular formula is C24H25ClN4O3S. The quantitative estimate of drug-likeness (QED) is 0.589. The summed E-state index contributed by atoms with van der Waals surface area (Å²) in [4.78, 5) is 21.4. The van der Waals surface area contributed by atoms with E-state index in [0.717, 1.165) is 11.4 Å². The Morgan fingerprint density at radius 2 is 1.67 bits per heavy atom. The predicted octanol–water partition coefficient (Wildman–Crippen LogP) is 4.12. The number of hydrogen-bond donors (Lipinski definition) is 1. The van der Waals surface area contributed by atoms with E-state index in [-0.39, 0.29) is 10.8 Å². The standard InChI is InChI=1S/C24H25ClN4O3S/c1-17-3-4-18(2)22(15-17)33(31,32)27-21-8-5-19(6-9-21)24(30)29-13-11-28(12-14-29)23-10-7-20(25)16-26-23/h3-10,15-16,27H,11-14H2,1-2H3. The number of aromatic nitrogens is 1. The highest BCUT2D eigenvalue weighted by atomic mass is 35.5. The van der Waals surface area contributed by atoms with Crippen LogP contribution < -0.4 is 9.62 Å². The first kappa shape index (κ1) is 23.1. The maximum atomic E-state index is 12.9. The molecule has 0 spiro atoms. The van der Waals surface area contributed by atoms with Gasteiger partial charge in [0.15, 0.2) is 0 Å². The van der Waals surface area contributed by atoms with Crippen LogP contribution in [0.15, 0.2) is 65.7 Å². The molecule has 9 heteroatoms. The Hall–Kier alpha value is -3.10. The summed E-state index contributed by atoms with van der Waals surface area (Å²) in [5, 5.41) is 0.590. The number of piperazine rings is 1. The van der Waals surface area contributed by atoms with Crippen LogP contribution in [0, 0.1) is 13.8 Å². The minimum absolute atomic E-state index is 0.0809. The van der Waals surface area contributed by atoms with Gasteiger partial charge in [0.1, 0.15) is 5.82 Å². The molecule has 1 saturated heterocycles. The van der Waals surface area contributed by atoms with Gasteiger partial charge in [-0.1, -0.05) is 23.7 Å². The van der Waals surface area contributed by atoms with Crippen LogP contribution >= 0.6 is 11.6 Å². The fourth-order valence-corrected chi connectivity index (χ4v) is 5.27. The smallest absolute Gasteiger partial charge is 0.262 e. The van der Waals surface area contributed by atoms with Crippen molar-refractivity contribution in [2.24, 2.45) is 0 Å². The summed E-state index contributed by atoms with van der Waals surface area (Å²) in [5.74, 6) is 0.759. The zero-order chi connectivity index (χ0) is 23.6. The lowest BCUT2D eigenvalue weighted by atomic mass is 10.1. The molecule has 1 amide bonds. The summed E-state index contributed by atoms with van der Waals surface area (Å²) < 4.78 is 28.2. The number of sulfonamides is 1. The largest absolute Gasteiger partial charge is 0.353 e. The fraction of sp³-hybridized carbons (Fsp3) is 0.250. The van der Waals surface area contributed by atoms with Gasteiger partial charge >= 0.3 is 0 Å². The van der Waals surface area contributed by atoms with Gasteiger partial charge in [0.25, 0.3) is 15.9 Å². The highest BCUT2D eigenvalue weighted by Crippen LogP contribution is 2.22. The predicted molar refractivity (Wildman–Crippen MR) is 131 cm³/mol. The molecule has 4 rings (SSSR count). The third kappa shape index (κ3) is 5.29. The van der Waals surface area contributed by atoms with Gasteiger partial charge in [-0.05, 0) is 67.4 Å². The van der Waals surface area contributed by atoms with Gasteiger partial charge in [0.05, 0.1) is 9.92 Å². The number of amides is 1. The number of hydrogen-bond acceptors (Lipinski definition) is 5. The highest BCUT2D eigenvalue weighted by molar-refractivity contribution is 7.92. The Morgan fingerprint density at radius 3 is 2.30 bits per heavy atom. The van der Waals surface area contributed by atoms with E-state index in [9.17, 15) is 13.2 Å². The molecule has 7 nitrogen and oxygen atoms in total. The number of carbonyl (C=O) groups excluding carboxylic acids is 1. The second-order valence-corrected chi connectivity index (χ2v) is 10.2. The van der Waals surface area contributed by atoms with Gasteiger partial charge in [-0.2, -0.15) is 0 Å². The normalized spacial score (nSPS) is 14.3. The number of halogens is 1. The van der Waals surface area contributed by atoms with Crippen molar-refractivity contribution in [3.05, 3.63) is 82.5 Å². The summed E-state index contributed by atoms with van der Waals surface area (Å²) in [6.45, 7) is 6.11. The van der Waals surface area contributed by atoms with Crippen molar-refractivity contribution in [1.29, 1.82) is 0 Å². The van der Waals surface area contributed by atoms with Crippen molar-refractivity contribution >= 4 is 39.0 Å². The Bertz CT molecular complexity index is 1250. The van der Waals surface area contributed by atoms with E-state index in [1.807, 2.05) is 19.1 Å². The van der Waals surface area contributed by atoms with Crippen LogP contribution in [0.5, 0.6) is 0 Å². The second-order valence-electron chi connectivity index (χ2n) is 8.07. The average molecular weight is 485 g/mol. The molecule has 0 saturated carbocycles. The lowest BCUT2D eigenvalue weighted by Gasteiger charge is -2.35. The van der Waals surface area contributed by atoms with Crippen LogP contribution in [0.2, 0.25) is 5.02 Å². The molecule has 1 N–H and O–H groups in total. The van der Waals surface area contributed by atoms with Crippen LogP contribution in [-0.4, -0.2) is 50.4 Å². The van der Waals surface area contributed by atoms with E-state index in [1.165, 1.54) is 0 Å². The molecule has 1 aliphatic rings. The number of anilines is 2. The molecule has 3 aromatic rings. The van der Waals surface area contributed by atoms with Crippen LogP contribution in [0.4, 0.5) is 11.5 Å². The zero-order valence-corrected chi connectivity index (χ0v) is 20.0. The van der Waals surface area contributed by atoms with Gasteiger partial charge in [0, 0.05) is 43.6 Å². The third-order valence-electron chi connectivity index (χ3n) is 5.62. The molecule has 33 heavy (non-hydrogen) atoms. The number of nitrogens with zero attached hydrogens (tertiary/aromatic N) is 3. The maximum absolute atomic E-state index is 12.9. The Kier molecular flexibility index (Phi) is 6.58. The number of pyridine rings is 1. The first-order chi connectivity index (χ1) is 15.7. The molecule has 1 aliphatic heterocycles.